The molecule has 1 aliphatic heterocycles. The average Bonchev–Trinajstić information content (AvgIpc) is 3.98. The van der Waals surface area contributed by atoms with Crippen LogP contribution in [0.1, 0.15) is 22.7 Å². The molecule has 0 saturated carbocycles. The highest BCUT2D eigenvalue weighted by molar-refractivity contribution is 7.26. The van der Waals surface area contributed by atoms with Crippen molar-refractivity contribution in [2.75, 3.05) is 0 Å². The van der Waals surface area contributed by atoms with E-state index < -0.39 is 6.04 Å². The number of furan rings is 1. The molecule has 1 atom stereocenters. The highest BCUT2D eigenvalue weighted by Crippen LogP contribution is 2.45. The van der Waals surface area contributed by atoms with Crippen molar-refractivity contribution in [2.45, 2.75) is 6.04 Å². The first-order valence-electron chi connectivity index (χ1n) is 20.3. The van der Waals surface area contributed by atoms with Gasteiger partial charge in [0.2, 0.25) is 0 Å². The van der Waals surface area contributed by atoms with Crippen LogP contribution < -0.4 is 0 Å². The SMILES string of the molecule is C=C1C(c2ccccc2)=NC(c2cc(-n3c4cc5ccccc5cc4c4c5ccccc5ccc43)c3c(c2)sc2ccccc23)=NC1c1cccc2c1oc1ccccc12. The van der Waals surface area contributed by atoms with E-state index in [1.54, 1.807) is 0 Å². The summed E-state index contributed by atoms with van der Waals surface area (Å²) in [5.41, 5.74) is 9.69. The third kappa shape index (κ3) is 4.84. The summed E-state index contributed by atoms with van der Waals surface area (Å²) in [6, 6.07) is 64.7. The Labute approximate surface area is 348 Å². The van der Waals surface area contributed by atoms with Gasteiger partial charge < -0.3 is 8.98 Å². The lowest BCUT2D eigenvalue weighted by atomic mass is 9.90. The number of thiophene rings is 1. The standard InChI is InChI=1S/C55H33N3OS/c1-32-52(34-15-3-2-4-16-34)56-55(57-53(32)42-23-13-22-40-39-20-9-11-24-47(39)59-54(40)42)37-30-46(51-41-21-10-12-25-48(41)60-49(51)31-37)58-44-27-26-33-14-7-8-19-38(33)50(44)43-28-35-17-5-6-18-36(35)29-45(43)58/h2-31,53H,1H2. The zero-order valence-electron chi connectivity index (χ0n) is 32.3. The van der Waals surface area contributed by atoms with Gasteiger partial charge in [-0.2, -0.15) is 0 Å². The second kappa shape index (κ2) is 12.7. The van der Waals surface area contributed by atoms with Crippen molar-refractivity contribution in [1.29, 1.82) is 0 Å². The molecule has 1 unspecified atom stereocenters. The summed E-state index contributed by atoms with van der Waals surface area (Å²) in [6.07, 6.45) is 0. The van der Waals surface area contributed by atoms with E-state index in [-0.39, 0.29) is 0 Å². The van der Waals surface area contributed by atoms with Crippen LogP contribution in [-0.4, -0.2) is 16.1 Å². The fourth-order valence-electron chi connectivity index (χ4n) is 9.63. The maximum atomic E-state index is 6.62. The zero-order chi connectivity index (χ0) is 39.5. The first-order chi connectivity index (χ1) is 29.7. The number of rotatable bonds is 4. The molecular formula is C55H33N3OS. The molecule has 4 nitrogen and oxygen atoms in total. The Morgan fingerprint density at radius 3 is 2.10 bits per heavy atom. The molecule has 0 aliphatic carbocycles. The quantitative estimate of drug-likeness (QED) is 0.175. The zero-order valence-corrected chi connectivity index (χ0v) is 33.1. The Balaban J connectivity index is 1.13. The van der Waals surface area contributed by atoms with Crippen LogP contribution in [0, 0.1) is 0 Å². The lowest BCUT2D eigenvalue weighted by Gasteiger charge is -2.24. The minimum atomic E-state index is -0.426. The fraction of sp³-hybridized carbons (Fsp3) is 0.0182. The fourth-order valence-corrected chi connectivity index (χ4v) is 10.8. The van der Waals surface area contributed by atoms with Gasteiger partial charge in [0.15, 0.2) is 5.84 Å². The number of fused-ring (bicyclic) bond motifs is 12. The molecular weight excluding hydrogens is 751 g/mol. The number of aromatic nitrogens is 1. The van der Waals surface area contributed by atoms with Gasteiger partial charge >= 0.3 is 0 Å². The Morgan fingerprint density at radius 1 is 0.517 bits per heavy atom. The summed E-state index contributed by atoms with van der Waals surface area (Å²) in [5, 5.41) is 12.0. The molecule has 60 heavy (non-hydrogen) atoms. The number of aliphatic imine (C=N–C) groups is 2. The third-order valence-corrected chi connectivity index (χ3v) is 13.5. The lowest BCUT2D eigenvalue weighted by Crippen LogP contribution is -2.20. The van der Waals surface area contributed by atoms with Crippen LogP contribution in [0.3, 0.4) is 0 Å². The first-order valence-corrected chi connectivity index (χ1v) is 21.1. The molecule has 0 spiro atoms. The second-order valence-electron chi connectivity index (χ2n) is 15.7. The van der Waals surface area contributed by atoms with E-state index in [0.29, 0.717) is 5.84 Å². The summed E-state index contributed by atoms with van der Waals surface area (Å²) < 4.78 is 11.5. The third-order valence-electron chi connectivity index (χ3n) is 12.4. The Morgan fingerprint density at radius 2 is 1.23 bits per heavy atom. The molecule has 4 heterocycles. The van der Waals surface area contributed by atoms with E-state index in [1.165, 1.54) is 52.5 Å². The largest absolute Gasteiger partial charge is 0.456 e. The Kier molecular flexibility index (Phi) is 7.06. The van der Waals surface area contributed by atoms with Gasteiger partial charge in [-0.15, -0.1) is 11.3 Å². The van der Waals surface area contributed by atoms with E-state index in [4.69, 9.17) is 21.0 Å². The summed E-state index contributed by atoms with van der Waals surface area (Å²) in [4.78, 5) is 11.0. The van der Waals surface area contributed by atoms with Crippen molar-refractivity contribution in [1.82, 2.24) is 4.57 Å². The predicted molar refractivity (Wildman–Crippen MR) is 254 cm³/mol. The molecule has 0 saturated heterocycles. The summed E-state index contributed by atoms with van der Waals surface area (Å²) in [5.74, 6) is 0.664. The average molecular weight is 784 g/mol. The van der Waals surface area contributed by atoms with E-state index in [2.05, 4.69) is 168 Å². The van der Waals surface area contributed by atoms with Gasteiger partial charge in [-0.25, -0.2) is 4.99 Å². The highest BCUT2D eigenvalue weighted by Gasteiger charge is 2.30. The smallest absolute Gasteiger partial charge is 0.156 e. The van der Waals surface area contributed by atoms with Crippen LogP contribution in [0.15, 0.2) is 209 Å². The number of hydrogen-bond donors (Lipinski definition) is 0. The van der Waals surface area contributed by atoms with Gasteiger partial charge in [0, 0.05) is 64.0 Å². The summed E-state index contributed by atoms with van der Waals surface area (Å²) in [7, 11) is 0. The molecule has 5 heteroatoms. The molecule has 0 N–H and O–H groups in total. The number of hydrogen-bond acceptors (Lipinski definition) is 4. The monoisotopic (exact) mass is 783 g/mol. The molecule has 3 aromatic heterocycles. The molecule has 1 aliphatic rings. The van der Waals surface area contributed by atoms with Crippen molar-refractivity contribution in [3.05, 3.63) is 211 Å². The predicted octanol–water partition coefficient (Wildman–Crippen LogP) is 14.9. The van der Waals surface area contributed by atoms with Gasteiger partial charge in [-0.1, -0.05) is 146 Å². The van der Waals surface area contributed by atoms with Crippen LogP contribution in [0.25, 0.3) is 91.1 Å². The van der Waals surface area contributed by atoms with Crippen LogP contribution in [0.5, 0.6) is 0 Å². The van der Waals surface area contributed by atoms with Crippen LogP contribution in [0.4, 0.5) is 0 Å². The van der Waals surface area contributed by atoms with Gasteiger partial charge in [-0.3, -0.25) is 4.99 Å². The maximum Gasteiger partial charge on any atom is 0.156 e. The molecule has 280 valence electrons. The topological polar surface area (TPSA) is 42.8 Å². The van der Waals surface area contributed by atoms with Crippen LogP contribution >= 0.6 is 11.3 Å². The maximum absolute atomic E-state index is 6.62. The molecule has 0 fully saturated rings. The molecule has 0 amide bonds. The van der Waals surface area contributed by atoms with E-state index >= 15 is 0 Å². The van der Waals surface area contributed by atoms with E-state index in [1.807, 2.05) is 29.5 Å². The number of para-hydroxylation sites is 2. The van der Waals surface area contributed by atoms with Crippen molar-refractivity contribution >= 4 is 108 Å². The van der Waals surface area contributed by atoms with Gasteiger partial charge in [0.05, 0.1) is 22.4 Å². The lowest BCUT2D eigenvalue weighted by molar-refractivity contribution is 0.658. The van der Waals surface area contributed by atoms with Crippen LogP contribution in [0.2, 0.25) is 0 Å². The Bertz CT molecular complexity index is 3860. The number of benzene rings is 9. The highest BCUT2D eigenvalue weighted by atomic mass is 32.1. The first kappa shape index (κ1) is 33.4. The summed E-state index contributed by atoms with van der Waals surface area (Å²) >= 11 is 1.82. The Hall–Kier alpha value is -7.60. The molecule has 13 rings (SSSR count). The van der Waals surface area contributed by atoms with Gasteiger partial charge in [-0.05, 0) is 64.0 Å². The van der Waals surface area contributed by atoms with Crippen LogP contribution in [-0.2, 0) is 0 Å². The normalized spacial score (nSPS) is 14.7. The van der Waals surface area contributed by atoms with Gasteiger partial charge in [0.25, 0.3) is 0 Å². The molecule has 12 aromatic rings. The van der Waals surface area contributed by atoms with Gasteiger partial charge in [0.1, 0.15) is 17.2 Å². The van der Waals surface area contributed by atoms with Crippen molar-refractivity contribution in [3.8, 4) is 5.69 Å². The number of amidine groups is 1. The van der Waals surface area contributed by atoms with Crippen molar-refractivity contribution in [2.24, 2.45) is 9.98 Å². The molecule has 0 bridgehead atoms. The van der Waals surface area contributed by atoms with Crippen molar-refractivity contribution < 1.29 is 4.42 Å². The molecule has 9 aromatic carbocycles. The van der Waals surface area contributed by atoms with Crippen molar-refractivity contribution in [3.63, 3.8) is 0 Å². The minimum Gasteiger partial charge on any atom is -0.456 e. The van der Waals surface area contributed by atoms with E-state index in [0.717, 1.165) is 66.6 Å². The number of nitrogens with zero attached hydrogens (tertiary/aromatic N) is 3. The molecule has 0 radical (unpaired) electrons. The second-order valence-corrected chi connectivity index (χ2v) is 16.8. The minimum absolute atomic E-state index is 0.426. The van der Waals surface area contributed by atoms with E-state index in [9.17, 15) is 0 Å². The summed E-state index contributed by atoms with van der Waals surface area (Å²) in [6.45, 7) is 4.69.